The van der Waals surface area contributed by atoms with Gasteiger partial charge in [0.05, 0.1) is 5.56 Å². The van der Waals surface area contributed by atoms with Crippen molar-refractivity contribution in [3.05, 3.63) is 54.6 Å². The van der Waals surface area contributed by atoms with Crippen molar-refractivity contribution in [2.75, 3.05) is 5.75 Å². The summed E-state index contributed by atoms with van der Waals surface area (Å²) in [6.07, 6.45) is 1.58. The lowest BCUT2D eigenvalue weighted by atomic mass is 10.2. The van der Waals surface area contributed by atoms with Crippen LogP contribution in [0.4, 0.5) is 13.2 Å². The van der Waals surface area contributed by atoms with E-state index in [-0.39, 0.29) is 11.5 Å². The van der Waals surface area contributed by atoms with E-state index in [1.807, 2.05) is 13.0 Å². The van der Waals surface area contributed by atoms with E-state index >= 15 is 0 Å². The fourth-order valence-electron chi connectivity index (χ4n) is 2.94. The molecule has 4 aromatic heterocycles. The van der Waals surface area contributed by atoms with Crippen LogP contribution < -0.4 is 0 Å². The quantitative estimate of drug-likeness (QED) is 0.419. The summed E-state index contributed by atoms with van der Waals surface area (Å²) in [5.74, 6) is 1.97. The van der Waals surface area contributed by atoms with Crippen molar-refractivity contribution in [3.63, 3.8) is 0 Å². The maximum absolute atomic E-state index is 13.1. The van der Waals surface area contributed by atoms with E-state index < -0.39 is 11.7 Å². The van der Waals surface area contributed by atoms with Crippen molar-refractivity contribution in [2.24, 2.45) is 7.05 Å². The van der Waals surface area contributed by atoms with Gasteiger partial charge in [-0.2, -0.15) is 13.2 Å². The Hall–Kier alpha value is -3.34. The summed E-state index contributed by atoms with van der Waals surface area (Å²) in [7, 11) is 1.67. The molecule has 7 nitrogen and oxygen atoms in total. The number of hydrogen-bond acceptors (Lipinski definition) is 7. The number of alkyl halides is 3. The van der Waals surface area contributed by atoms with Crippen molar-refractivity contribution in [3.8, 4) is 34.4 Å². The molecule has 0 saturated heterocycles. The molecule has 4 aromatic rings. The summed E-state index contributed by atoms with van der Waals surface area (Å²) in [5.41, 5.74) is 0.603. The van der Waals surface area contributed by atoms with E-state index in [0.717, 1.165) is 34.5 Å². The van der Waals surface area contributed by atoms with E-state index in [4.69, 9.17) is 0 Å². The molecule has 31 heavy (non-hydrogen) atoms. The van der Waals surface area contributed by atoms with Crippen molar-refractivity contribution >= 4 is 11.8 Å². The molecule has 0 unspecified atom stereocenters. The minimum Gasteiger partial charge on any atom is -0.307 e. The minimum atomic E-state index is -4.47. The number of rotatable bonds is 5. The van der Waals surface area contributed by atoms with Crippen molar-refractivity contribution in [1.29, 1.82) is 0 Å². The first-order valence-electron chi connectivity index (χ1n) is 9.22. The minimum absolute atomic E-state index is 0.0788. The van der Waals surface area contributed by atoms with Crippen LogP contribution in [0.1, 0.15) is 12.5 Å². The first-order chi connectivity index (χ1) is 14.9. The van der Waals surface area contributed by atoms with Gasteiger partial charge in [-0.15, -0.1) is 22.0 Å². The summed E-state index contributed by atoms with van der Waals surface area (Å²) in [6, 6.07) is 5.53. The van der Waals surface area contributed by atoms with Crippen LogP contribution in [0.15, 0.2) is 53.9 Å². The van der Waals surface area contributed by atoms with Crippen LogP contribution in [0.5, 0.6) is 0 Å². The average Bonchev–Trinajstić information content (AvgIpc) is 3.15. The van der Waals surface area contributed by atoms with Gasteiger partial charge in [0.25, 0.3) is 0 Å². The van der Waals surface area contributed by atoms with Gasteiger partial charge in [0, 0.05) is 42.3 Å². The molecule has 0 atom stereocenters. The smallest absolute Gasteiger partial charge is 0.307 e. The normalized spacial score (nSPS) is 11.6. The number of nitrogens with zero attached hydrogens (tertiary/aromatic N) is 7. The van der Waals surface area contributed by atoms with Gasteiger partial charge in [0.1, 0.15) is 11.4 Å². The van der Waals surface area contributed by atoms with E-state index in [2.05, 4.69) is 30.1 Å². The van der Waals surface area contributed by atoms with Gasteiger partial charge < -0.3 is 4.57 Å². The summed E-state index contributed by atoms with van der Waals surface area (Å²) < 4.78 is 40.8. The van der Waals surface area contributed by atoms with Crippen molar-refractivity contribution in [2.45, 2.75) is 18.0 Å². The molecule has 11 heteroatoms. The van der Waals surface area contributed by atoms with E-state index in [1.165, 1.54) is 0 Å². The third kappa shape index (κ3) is 4.26. The number of halogens is 3. The summed E-state index contributed by atoms with van der Waals surface area (Å²) >= 11 is 1.56. The molecule has 0 aliphatic rings. The first-order valence-corrected chi connectivity index (χ1v) is 10.2. The van der Waals surface area contributed by atoms with Crippen LogP contribution in [0.3, 0.4) is 0 Å². The third-order valence-electron chi connectivity index (χ3n) is 4.38. The Morgan fingerprint density at radius 2 is 1.71 bits per heavy atom. The molecule has 0 aliphatic carbocycles. The number of pyridine rings is 2. The van der Waals surface area contributed by atoms with Crippen LogP contribution >= 0.6 is 11.8 Å². The van der Waals surface area contributed by atoms with Gasteiger partial charge in [0.15, 0.2) is 17.5 Å². The highest BCUT2D eigenvalue weighted by Gasteiger charge is 2.31. The molecule has 0 bridgehead atoms. The van der Waals surface area contributed by atoms with Crippen LogP contribution in [0, 0.1) is 0 Å². The van der Waals surface area contributed by atoms with Crippen molar-refractivity contribution in [1.82, 2.24) is 34.7 Å². The maximum Gasteiger partial charge on any atom is 0.416 e. The van der Waals surface area contributed by atoms with Gasteiger partial charge in [0.2, 0.25) is 0 Å². The molecule has 0 saturated carbocycles. The standard InChI is InChI=1S/C20H16F3N7S/c1-3-31-15-9-12(17-25-6-4-7-26-17)11-27-16(15)19-29-28-18(30(19)2)14-10-13(5-8-24-14)20(21,22)23/h4-11H,3H2,1-2H3. The molecule has 0 aliphatic heterocycles. The Morgan fingerprint density at radius 3 is 2.42 bits per heavy atom. The Balaban J connectivity index is 1.77. The van der Waals surface area contributed by atoms with Gasteiger partial charge in [-0.05, 0) is 30.0 Å². The Bertz CT molecular complexity index is 1210. The molecule has 0 N–H and O–H groups in total. The van der Waals surface area contributed by atoms with Crippen LogP contribution in [-0.2, 0) is 13.2 Å². The van der Waals surface area contributed by atoms with Gasteiger partial charge in [-0.25, -0.2) is 9.97 Å². The third-order valence-corrected chi connectivity index (χ3v) is 5.29. The van der Waals surface area contributed by atoms with Gasteiger partial charge in [-0.3, -0.25) is 9.97 Å². The molecule has 4 rings (SSSR count). The Labute approximate surface area is 179 Å². The molecular formula is C20H16F3N7S. The van der Waals surface area contributed by atoms with E-state index in [9.17, 15) is 13.2 Å². The SMILES string of the molecule is CCSc1cc(-c2ncccn2)cnc1-c1nnc(-c2cc(C(F)(F)F)ccn2)n1C. The Kier molecular flexibility index (Phi) is 5.68. The molecular weight excluding hydrogens is 427 g/mol. The van der Waals surface area contributed by atoms with E-state index in [0.29, 0.717) is 17.3 Å². The molecule has 0 radical (unpaired) electrons. The number of thioether (sulfide) groups is 1. The highest BCUT2D eigenvalue weighted by atomic mass is 32.2. The monoisotopic (exact) mass is 443 g/mol. The van der Waals surface area contributed by atoms with Crippen LogP contribution in [-0.4, -0.2) is 40.5 Å². The molecule has 158 valence electrons. The van der Waals surface area contributed by atoms with E-state index in [1.54, 1.807) is 48.0 Å². The zero-order valence-electron chi connectivity index (χ0n) is 16.5. The largest absolute Gasteiger partial charge is 0.416 e. The van der Waals surface area contributed by atoms with Gasteiger partial charge >= 0.3 is 6.18 Å². The predicted octanol–water partition coefficient (Wildman–Crippen LogP) is 4.53. The molecule has 0 fully saturated rings. The Morgan fingerprint density at radius 1 is 0.968 bits per heavy atom. The summed E-state index contributed by atoms with van der Waals surface area (Å²) in [4.78, 5) is 17.9. The zero-order valence-corrected chi connectivity index (χ0v) is 17.3. The molecule has 0 amide bonds. The second-order valence-corrected chi connectivity index (χ2v) is 7.72. The lowest BCUT2D eigenvalue weighted by Crippen LogP contribution is -2.06. The fraction of sp³-hybridized carbons (Fsp3) is 0.200. The summed E-state index contributed by atoms with van der Waals surface area (Å²) in [5, 5.41) is 8.26. The second kappa shape index (κ2) is 8.42. The molecule has 0 spiro atoms. The fourth-order valence-corrected chi connectivity index (χ4v) is 3.74. The molecule has 0 aromatic carbocycles. The van der Waals surface area contributed by atoms with Crippen LogP contribution in [0.25, 0.3) is 34.4 Å². The highest BCUT2D eigenvalue weighted by molar-refractivity contribution is 7.99. The average molecular weight is 443 g/mol. The second-order valence-electron chi connectivity index (χ2n) is 6.41. The highest BCUT2D eigenvalue weighted by Crippen LogP contribution is 2.34. The van der Waals surface area contributed by atoms with Crippen LogP contribution in [0.2, 0.25) is 0 Å². The van der Waals surface area contributed by atoms with Crippen molar-refractivity contribution < 1.29 is 13.2 Å². The lowest BCUT2D eigenvalue weighted by Gasteiger charge is -2.10. The first kappa shape index (κ1) is 20.9. The summed E-state index contributed by atoms with van der Waals surface area (Å²) in [6.45, 7) is 2.01. The topological polar surface area (TPSA) is 82.3 Å². The van der Waals surface area contributed by atoms with Gasteiger partial charge in [-0.1, -0.05) is 6.92 Å². The number of hydrogen-bond donors (Lipinski definition) is 0. The molecule has 4 heterocycles. The predicted molar refractivity (Wildman–Crippen MR) is 110 cm³/mol. The zero-order chi connectivity index (χ0) is 22.0. The number of aromatic nitrogens is 7. The maximum atomic E-state index is 13.1. The lowest BCUT2D eigenvalue weighted by molar-refractivity contribution is -0.137.